The summed E-state index contributed by atoms with van der Waals surface area (Å²) in [6.07, 6.45) is -2.14. The van der Waals surface area contributed by atoms with Gasteiger partial charge in [-0.3, -0.25) is 4.79 Å². The largest absolute Gasteiger partial charge is 0.573 e. The number of carbonyl (C=O) groups is 1. The first-order valence-electron chi connectivity index (χ1n) is 7.73. The topological polar surface area (TPSA) is 81.6 Å². The number of nitrogens with two attached hydrogens (primary N) is 1. The summed E-state index contributed by atoms with van der Waals surface area (Å²) in [7, 11) is 0. The Kier molecular flexibility index (Phi) is 4.99. The number of anilines is 1. The Hall–Kier alpha value is -2.42. The van der Waals surface area contributed by atoms with E-state index >= 15 is 0 Å². The van der Waals surface area contributed by atoms with Gasteiger partial charge in [0.25, 0.3) is 5.91 Å². The van der Waals surface area contributed by atoms with E-state index in [-0.39, 0.29) is 16.5 Å². The normalized spacial score (nSPS) is 20.8. The molecule has 4 rings (SSSR count). The third-order valence-electron chi connectivity index (χ3n) is 4.13. The van der Waals surface area contributed by atoms with E-state index in [1.54, 1.807) is 11.0 Å². The van der Waals surface area contributed by atoms with Gasteiger partial charge in [0.1, 0.15) is 5.75 Å². The maximum Gasteiger partial charge on any atom is 0.573 e. The Morgan fingerprint density at radius 2 is 2.00 bits per heavy atom. The van der Waals surface area contributed by atoms with Crippen LogP contribution in [0.25, 0.3) is 0 Å². The second kappa shape index (κ2) is 7.06. The Labute approximate surface area is 151 Å². The molecule has 26 heavy (non-hydrogen) atoms. The minimum Gasteiger partial charge on any atom is -0.404 e. The Balaban J connectivity index is 0.000000278. The van der Waals surface area contributed by atoms with Crippen molar-refractivity contribution in [2.75, 3.05) is 18.8 Å². The van der Waals surface area contributed by atoms with Gasteiger partial charge >= 0.3 is 6.36 Å². The molecular weight excluding hydrogens is 375 g/mol. The standard InChI is InChI=1S/C13H11ClF3NO2.C3H4N2O/c14-10-4-7(1-2-11(10)20-13(15,16)17)12(19)18-5-8-3-9(8)6-18;4-3-1-2-5-6-3/h1-2,4,8-9H,3,5-6H2;1-2H,4H2. The predicted octanol–water partition coefficient (Wildman–Crippen LogP) is 3.59. The Morgan fingerprint density at radius 3 is 2.46 bits per heavy atom. The van der Waals surface area contributed by atoms with Gasteiger partial charge in [-0.25, -0.2) is 0 Å². The zero-order valence-electron chi connectivity index (χ0n) is 13.4. The Bertz CT molecular complexity index is 773. The first-order chi connectivity index (χ1) is 12.2. The van der Waals surface area contributed by atoms with Crippen LogP contribution in [0, 0.1) is 11.8 Å². The van der Waals surface area contributed by atoms with E-state index in [0.717, 1.165) is 19.2 Å². The molecule has 1 saturated heterocycles. The summed E-state index contributed by atoms with van der Waals surface area (Å²) in [4.78, 5) is 13.9. The number of hydrogen-bond donors (Lipinski definition) is 1. The van der Waals surface area contributed by atoms with Gasteiger partial charge in [-0.15, -0.1) is 13.2 Å². The number of amides is 1. The number of nitrogens with zero attached hydrogens (tertiary/aromatic N) is 2. The summed E-state index contributed by atoms with van der Waals surface area (Å²) in [6.45, 7) is 1.45. The molecule has 1 aromatic heterocycles. The summed E-state index contributed by atoms with van der Waals surface area (Å²) in [5, 5.41) is 3.10. The smallest absolute Gasteiger partial charge is 0.404 e. The molecule has 0 spiro atoms. The molecule has 1 aliphatic heterocycles. The van der Waals surface area contributed by atoms with Crippen LogP contribution in [-0.4, -0.2) is 35.4 Å². The van der Waals surface area contributed by atoms with E-state index in [0.29, 0.717) is 17.7 Å². The quantitative estimate of drug-likeness (QED) is 0.848. The molecule has 1 aliphatic carbocycles. The Morgan fingerprint density at radius 1 is 1.31 bits per heavy atom. The van der Waals surface area contributed by atoms with Gasteiger partial charge in [-0.2, -0.15) is 0 Å². The minimum atomic E-state index is -4.80. The molecule has 0 bridgehead atoms. The van der Waals surface area contributed by atoms with Crippen LogP contribution in [0.1, 0.15) is 16.8 Å². The summed E-state index contributed by atoms with van der Waals surface area (Å²) in [6, 6.07) is 5.17. The molecule has 140 valence electrons. The minimum absolute atomic E-state index is 0.197. The monoisotopic (exact) mass is 389 g/mol. The number of hydrogen-bond acceptors (Lipinski definition) is 5. The van der Waals surface area contributed by atoms with Crippen LogP contribution in [-0.2, 0) is 0 Å². The van der Waals surface area contributed by atoms with Crippen molar-refractivity contribution in [3.8, 4) is 5.75 Å². The number of ether oxygens (including phenoxy) is 1. The van der Waals surface area contributed by atoms with Crippen LogP contribution in [0.5, 0.6) is 5.75 Å². The van der Waals surface area contributed by atoms with Gasteiger partial charge in [-0.1, -0.05) is 16.8 Å². The molecule has 6 nitrogen and oxygen atoms in total. The number of likely N-dealkylation sites (tertiary alicyclic amines) is 1. The summed E-state index contributed by atoms with van der Waals surface area (Å²) >= 11 is 5.73. The van der Waals surface area contributed by atoms with Gasteiger partial charge in [-0.05, 0) is 36.5 Å². The average Bonchev–Trinajstić information content (AvgIpc) is 2.95. The average molecular weight is 390 g/mol. The van der Waals surface area contributed by atoms with Crippen molar-refractivity contribution in [3.05, 3.63) is 41.0 Å². The first kappa shape index (κ1) is 18.4. The number of piperidine rings is 1. The van der Waals surface area contributed by atoms with Gasteiger partial charge in [0, 0.05) is 24.7 Å². The summed E-state index contributed by atoms with van der Waals surface area (Å²) < 4.78 is 44.5. The number of nitrogen functional groups attached to an aromatic ring is 1. The molecule has 1 amide bonds. The summed E-state index contributed by atoms with van der Waals surface area (Å²) in [5.74, 6) is 0.858. The van der Waals surface area contributed by atoms with Gasteiger partial charge in [0.05, 0.1) is 11.2 Å². The number of fused-ring (bicyclic) bond motifs is 1. The van der Waals surface area contributed by atoms with E-state index in [2.05, 4.69) is 14.4 Å². The van der Waals surface area contributed by atoms with Crippen molar-refractivity contribution in [1.82, 2.24) is 10.1 Å². The third kappa shape index (κ3) is 4.60. The zero-order chi connectivity index (χ0) is 18.9. The molecule has 2 aromatic rings. The molecule has 2 atom stereocenters. The maximum absolute atomic E-state index is 12.2. The SMILES string of the molecule is Nc1ccno1.O=C(c1ccc(OC(F)(F)F)c(Cl)c1)N1CC2CC2C1. The van der Waals surface area contributed by atoms with E-state index in [9.17, 15) is 18.0 Å². The number of aromatic nitrogens is 1. The number of carbonyl (C=O) groups excluding carboxylic acids is 1. The van der Waals surface area contributed by atoms with Crippen molar-refractivity contribution >= 4 is 23.4 Å². The molecule has 2 N–H and O–H groups in total. The highest BCUT2D eigenvalue weighted by Crippen LogP contribution is 2.45. The number of benzene rings is 1. The predicted molar refractivity (Wildman–Crippen MR) is 86.6 cm³/mol. The maximum atomic E-state index is 12.2. The highest BCUT2D eigenvalue weighted by atomic mass is 35.5. The van der Waals surface area contributed by atoms with Crippen molar-refractivity contribution in [3.63, 3.8) is 0 Å². The van der Waals surface area contributed by atoms with E-state index in [4.69, 9.17) is 17.3 Å². The van der Waals surface area contributed by atoms with E-state index in [1.807, 2.05) is 0 Å². The fourth-order valence-electron chi connectivity index (χ4n) is 2.81. The lowest BCUT2D eigenvalue weighted by atomic mass is 10.2. The van der Waals surface area contributed by atoms with Crippen LogP contribution in [0.3, 0.4) is 0 Å². The van der Waals surface area contributed by atoms with E-state index in [1.165, 1.54) is 24.8 Å². The highest BCUT2D eigenvalue weighted by Gasteiger charge is 2.46. The number of rotatable bonds is 2. The molecule has 0 radical (unpaired) electrons. The molecule has 1 saturated carbocycles. The molecule has 2 heterocycles. The highest BCUT2D eigenvalue weighted by molar-refractivity contribution is 6.32. The van der Waals surface area contributed by atoms with E-state index < -0.39 is 12.1 Å². The van der Waals surface area contributed by atoms with Crippen molar-refractivity contribution in [2.45, 2.75) is 12.8 Å². The second-order valence-corrected chi connectivity index (χ2v) is 6.48. The second-order valence-electron chi connectivity index (χ2n) is 6.07. The van der Waals surface area contributed by atoms with Gasteiger partial charge < -0.3 is 19.9 Å². The van der Waals surface area contributed by atoms with Crippen LogP contribution >= 0.6 is 11.6 Å². The van der Waals surface area contributed by atoms with Crippen LogP contribution in [0.2, 0.25) is 5.02 Å². The molecule has 2 aliphatic rings. The van der Waals surface area contributed by atoms with Crippen LogP contribution < -0.4 is 10.5 Å². The zero-order valence-corrected chi connectivity index (χ0v) is 14.1. The molecule has 2 unspecified atom stereocenters. The number of alkyl halides is 3. The lowest BCUT2D eigenvalue weighted by Gasteiger charge is -2.18. The fraction of sp³-hybridized carbons (Fsp3) is 0.375. The number of halogens is 4. The molecule has 2 fully saturated rings. The molecular formula is C16H15ClF3N3O3. The van der Waals surface area contributed by atoms with Crippen LogP contribution in [0.4, 0.5) is 19.1 Å². The van der Waals surface area contributed by atoms with Crippen molar-refractivity contribution in [1.29, 1.82) is 0 Å². The van der Waals surface area contributed by atoms with Gasteiger partial charge in [0.15, 0.2) is 0 Å². The van der Waals surface area contributed by atoms with Crippen molar-refractivity contribution in [2.24, 2.45) is 11.8 Å². The molecule has 1 aromatic carbocycles. The summed E-state index contributed by atoms with van der Waals surface area (Å²) in [5.41, 5.74) is 5.33. The first-order valence-corrected chi connectivity index (χ1v) is 8.11. The third-order valence-corrected chi connectivity index (χ3v) is 4.42. The van der Waals surface area contributed by atoms with Crippen LogP contribution in [0.15, 0.2) is 35.0 Å². The lowest BCUT2D eigenvalue weighted by Crippen LogP contribution is -2.30. The van der Waals surface area contributed by atoms with Gasteiger partial charge in [0.2, 0.25) is 5.88 Å². The fourth-order valence-corrected chi connectivity index (χ4v) is 3.03. The molecule has 10 heteroatoms. The lowest BCUT2D eigenvalue weighted by molar-refractivity contribution is -0.274. The van der Waals surface area contributed by atoms with Crippen molar-refractivity contribution < 1.29 is 27.2 Å².